The van der Waals surface area contributed by atoms with E-state index in [1.165, 1.54) is 0 Å². The maximum absolute atomic E-state index is 12.3. The average Bonchev–Trinajstić information content (AvgIpc) is 2.51. The van der Waals surface area contributed by atoms with E-state index in [2.05, 4.69) is 5.48 Å². The average molecular weight is 363 g/mol. The molecule has 0 aromatic carbocycles. The van der Waals surface area contributed by atoms with Gasteiger partial charge in [-0.1, -0.05) is 17.7 Å². The van der Waals surface area contributed by atoms with Gasteiger partial charge in [-0.25, -0.2) is 9.59 Å². The van der Waals surface area contributed by atoms with Gasteiger partial charge in [0.25, 0.3) is 0 Å². The Hall–Kier alpha value is -2.41. The van der Waals surface area contributed by atoms with Crippen molar-refractivity contribution in [1.29, 1.82) is 0 Å². The van der Waals surface area contributed by atoms with Crippen LogP contribution in [0.3, 0.4) is 0 Å². The molecule has 1 aliphatic heterocycles. The monoisotopic (exact) mass is 363 g/mol. The molecule has 0 fully saturated rings. The summed E-state index contributed by atoms with van der Waals surface area (Å²) in [5, 5.41) is 0. The third kappa shape index (κ3) is 5.84. The van der Waals surface area contributed by atoms with E-state index in [1.807, 2.05) is 19.1 Å². The summed E-state index contributed by atoms with van der Waals surface area (Å²) < 4.78 is 10.3. The molecular weight excluding hydrogens is 338 g/mol. The van der Waals surface area contributed by atoms with Gasteiger partial charge in [-0.05, 0) is 46.6 Å². The number of hydroxylamine groups is 1. The normalized spacial score (nSPS) is 19.5. The third-order valence-electron chi connectivity index (χ3n) is 3.73. The number of hydrogen-bond donors (Lipinski definition) is 1. The van der Waals surface area contributed by atoms with Crippen molar-refractivity contribution in [1.82, 2.24) is 5.48 Å². The second-order valence-corrected chi connectivity index (χ2v) is 7.29. The number of nitrogens with one attached hydrogen (secondary N) is 1. The molecule has 1 unspecified atom stereocenters. The topological polar surface area (TPSA) is 90.9 Å². The van der Waals surface area contributed by atoms with Gasteiger partial charge < -0.3 is 9.47 Å². The highest BCUT2D eigenvalue weighted by molar-refractivity contribution is 6.18. The minimum Gasteiger partial charge on any atom is -0.442 e. The largest absolute Gasteiger partial charge is 0.442 e. The summed E-state index contributed by atoms with van der Waals surface area (Å²) in [6, 6.07) is 0. The maximum atomic E-state index is 12.3. The van der Waals surface area contributed by atoms with Gasteiger partial charge in [0.05, 0.1) is 12.2 Å². The van der Waals surface area contributed by atoms with E-state index in [0.29, 0.717) is 18.6 Å². The van der Waals surface area contributed by atoms with Crippen LogP contribution in [0, 0.1) is 5.92 Å². The number of carbonyl (C=O) groups is 3. The van der Waals surface area contributed by atoms with Gasteiger partial charge in [0.1, 0.15) is 11.4 Å². The van der Waals surface area contributed by atoms with Crippen molar-refractivity contribution >= 4 is 17.8 Å². The highest BCUT2D eigenvalue weighted by atomic mass is 16.7. The van der Waals surface area contributed by atoms with Crippen molar-refractivity contribution in [3.05, 3.63) is 35.1 Å². The molecule has 0 radical (unpaired) electrons. The Bertz CT molecular complexity index is 681. The van der Waals surface area contributed by atoms with Crippen molar-refractivity contribution in [3.8, 4) is 0 Å². The van der Waals surface area contributed by atoms with Crippen molar-refractivity contribution in [2.45, 2.75) is 52.6 Å². The Kier molecular flexibility index (Phi) is 6.37. The van der Waals surface area contributed by atoms with Gasteiger partial charge in [0, 0.05) is 12.3 Å². The molecule has 1 aliphatic carbocycles. The molecule has 1 heterocycles. The third-order valence-corrected chi connectivity index (χ3v) is 3.73. The van der Waals surface area contributed by atoms with Gasteiger partial charge in [-0.15, -0.1) is 0 Å². The van der Waals surface area contributed by atoms with Crippen LogP contribution in [0.2, 0.25) is 0 Å². The van der Waals surface area contributed by atoms with Gasteiger partial charge in [-0.3, -0.25) is 9.63 Å². The molecule has 0 aromatic heterocycles. The van der Waals surface area contributed by atoms with Gasteiger partial charge in [-0.2, -0.15) is 5.48 Å². The molecule has 0 spiro atoms. The lowest BCUT2D eigenvalue weighted by atomic mass is 9.89. The number of fused-ring (bicyclic) bond motifs is 1. The predicted molar refractivity (Wildman–Crippen MR) is 93.7 cm³/mol. The van der Waals surface area contributed by atoms with Crippen LogP contribution in [0.15, 0.2) is 35.1 Å². The molecule has 142 valence electrons. The van der Waals surface area contributed by atoms with Gasteiger partial charge in [0.2, 0.25) is 0 Å². The van der Waals surface area contributed by atoms with E-state index in [-0.39, 0.29) is 30.3 Å². The van der Waals surface area contributed by atoms with Crippen LogP contribution in [0.5, 0.6) is 0 Å². The summed E-state index contributed by atoms with van der Waals surface area (Å²) in [5.74, 6) is -0.377. The zero-order chi connectivity index (χ0) is 19.3. The van der Waals surface area contributed by atoms with E-state index >= 15 is 0 Å². The molecule has 0 saturated carbocycles. The minimum atomic E-state index is -0.692. The first-order chi connectivity index (χ1) is 12.2. The second kappa shape index (κ2) is 8.31. The maximum Gasteiger partial charge on any atom is 0.431 e. The minimum absolute atomic E-state index is 0.0690. The number of allylic oxidation sites excluding steroid dienone is 4. The molecule has 2 rings (SSSR count). The molecule has 0 bridgehead atoms. The van der Waals surface area contributed by atoms with Gasteiger partial charge >= 0.3 is 12.1 Å². The molecule has 1 amide bonds. The van der Waals surface area contributed by atoms with E-state index in [0.717, 1.165) is 5.57 Å². The van der Waals surface area contributed by atoms with Crippen LogP contribution in [0.25, 0.3) is 0 Å². The Morgan fingerprint density at radius 2 is 2.08 bits per heavy atom. The lowest BCUT2D eigenvalue weighted by Crippen LogP contribution is -2.32. The quantitative estimate of drug-likeness (QED) is 0.337. The summed E-state index contributed by atoms with van der Waals surface area (Å²) in [6.07, 6.45) is 6.04. The van der Waals surface area contributed by atoms with Crippen molar-refractivity contribution < 1.29 is 28.7 Å². The molecule has 0 saturated heterocycles. The van der Waals surface area contributed by atoms with Crippen LogP contribution in [-0.2, 0) is 23.9 Å². The summed E-state index contributed by atoms with van der Waals surface area (Å²) in [6.45, 7) is 7.29. The van der Waals surface area contributed by atoms with Crippen molar-refractivity contribution in [2.24, 2.45) is 5.92 Å². The number of esters is 1. The summed E-state index contributed by atoms with van der Waals surface area (Å²) >= 11 is 0. The Balaban J connectivity index is 1.76. The second-order valence-electron chi connectivity index (χ2n) is 7.29. The number of hydrogen-bond acceptors (Lipinski definition) is 6. The van der Waals surface area contributed by atoms with Crippen molar-refractivity contribution in [3.63, 3.8) is 0 Å². The zero-order valence-corrected chi connectivity index (χ0v) is 15.6. The molecule has 0 aromatic rings. The Morgan fingerprint density at radius 3 is 2.77 bits per heavy atom. The number of carbonyl (C=O) groups excluding carboxylic acids is 3. The predicted octanol–water partition coefficient (Wildman–Crippen LogP) is 3.13. The fourth-order valence-corrected chi connectivity index (χ4v) is 2.56. The zero-order valence-electron chi connectivity index (χ0n) is 15.6. The first-order valence-corrected chi connectivity index (χ1v) is 8.62. The van der Waals surface area contributed by atoms with E-state index < -0.39 is 17.7 Å². The first-order valence-electron chi connectivity index (χ1n) is 8.62. The molecule has 2 aliphatic rings. The standard InChI is InChI=1S/C19H25NO6/c1-12-7-8-13-11-14(17(22)25-16(13)10-12)15(21)6-5-9-24-20-18(23)26-19(2,3)4/h7,10-11,13H,5-6,8-9H2,1-4H3,(H,20,23). The van der Waals surface area contributed by atoms with E-state index in [4.69, 9.17) is 14.3 Å². The lowest BCUT2D eigenvalue weighted by molar-refractivity contribution is -0.138. The number of ketones is 1. The number of rotatable bonds is 6. The highest BCUT2D eigenvalue weighted by Gasteiger charge is 2.31. The van der Waals surface area contributed by atoms with Gasteiger partial charge in [0.15, 0.2) is 5.78 Å². The number of ether oxygens (including phenoxy) is 2. The first kappa shape index (κ1) is 19.9. The molecule has 7 heteroatoms. The summed E-state index contributed by atoms with van der Waals surface area (Å²) in [4.78, 5) is 40.7. The fourth-order valence-electron chi connectivity index (χ4n) is 2.56. The van der Waals surface area contributed by atoms with Crippen molar-refractivity contribution in [2.75, 3.05) is 6.61 Å². The molecule has 1 N–H and O–H groups in total. The van der Waals surface area contributed by atoms with E-state index in [1.54, 1.807) is 26.8 Å². The Labute approximate surface area is 153 Å². The molecule has 7 nitrogen and oxygen atoms in total. The van der Waals surface area contributed by atoms with Crippen LogP contribution in [0.4, 0.5) is 4.79 Å². The fraction of sp³-hybridized carbons (Fsp3) is 0.526. The lowest BCUT2D eigenvalue weighted by Gasteiger charge is -2.25. The van der Waals surface area contributed by atoms with Crippen LogP contribution in [-0.4, -0.2) is 30.1 Å². The summed E-state index contributed by atoms with van der Waals surface area (Å²) in [7, 11) is 0. The highest BCUT2D eigenvalue weighted by Crippen LogP contribution is 2.32. The van der Waals surface area contributed by atoms with Crippen LogP contribution < -0.4 is 5.48 Å². The number of Topliss-reactive ketones (excluding diaryl/α,β-unsaturated/α-hetero) is 1. The molecule has 26 heavy (non-hydrogen) atoms. The smallest absolute Gasteiger partial charge is 0.431 e. The van der Waals surface area contributed by atoms with Crippen LogP contribution in [0.1, 0.15) is 47.0 Å². The van der Waals surface area contributed by atoms with E-state index in [9.17, 15) is 14.4 Å². The summed E-state index contributed by atoms with van der Waals surface area (Å²) in [5.41, 5.74) is 2.66. The Morgan fingerprint density at radius 1 is 1.35 bits per heavy atom. The molecule has 1 atom stereocenters. The SMILES string of the molecule is CC1=CCC2C=C(C(=O)CCCONC(=O)OC(C)(C)C)C(=O)OC2=C1. The van der Waals surface area contributed by atoms with Crippen LogP contribution >= 0.6 is 0 Å². The number of amides is 1. The molecular formula is C19H25NO6.